The maximum absolute atomic E-state index is 11.9. The van der Waals surface area contributed by atoms with E-state index in [1.807, 2.05) is 12.1 Å². The Kier molecular flexibility index (Phi) is 4.20. The van der Waals surface area contributed by atoms with Crippen molar-refractivity contribution in [1.29, 1.82) is 0 Å². The fourth-order valence-electron chi connectivity index (χ4n) is 4.55. The van der Waals surface area contributed by atoms with Crippen LogP contribution < -0.4 is 10.5 Å². The molecule has 0 saturated carbocycles. The largest absolute Gasteiger partial charge is 0.367 e. The molecule has 6 nitrogen and oxygen atoms in total. The molecule has 5 rings (SSSR count). The summed E-state index contributed by atoms with van der Waals surface area (Å²) in [7, 11) is 2.22. The molecule has 2 fully saturated rings. The van der Waals surface area contributed by atoms with Gasteiger partial charge in [0, 0.05) is 49.2 Å². The number of aromatic nitrogens is 3. The summed E-state index contributed by atoms with van der Waals surface area (Å²) in [5.41, 5.74) is 3.76. The van der Waals surface area contributed by atoms with Gasteiger partial charge >= 0.3 is 0 Å². The van der Waals surface area contributed by atoms with E-state index in [0.29, 0.717) is 11.7 Å². The van der Waals surface area contributed by atoms with Gasteiger partial charge in [-0.05, 0) is 49.7 Å². The fraction of sp³-hybridized carbons (Fsp3) is 0.318. The predicted octanol–water partition coefficient (Wildman–Crippen LogP) is 2.43. The Morgan fingerprint density at radius 2 is 1.82 bits per heavy atom. The third kappa shape index (κ3) is 2.99. The van der Waals surface area contributed by atoms with Crippen LogP contribution in [0.1, 0.15) is 6.42 Å². The lowest BCUT2D eigenvalue weighted by Crippen LogP contribution is -2.34. The summed E-state index contributed by atoms with van der Waals surface area (Å²) in [5.74, 6) is 0.800. The zero-order valence-electron chi connectivity index (χ0n) is 15.9. The van der Waals surface area contributed by atoms with E-state index < -0.39 is 0 Å². The number of nitrogens with zero attached hydrogens (tertiary/aromatic N) is 5. The molecule has 142 valence electrons. The van der Waals surface area contributed by atoms with E-state index in [1.54, 1.807) is 18.5 Å². The van der Waals surface area contributed by atoms with Gasteiger partial charge in [0.1, 0.15) is 0 Å². The van der Waals surface area contributed by atoms with Gasteiger partial charge in [0.15, 0.2) is 0 Å². The van der Waals surface area contributed by atoms with Crippen molar-refractivity contribution in [3.63, 3.8) is 0 Å². The van der Waals surface area contributed by atoms with E-state index in [9.17, 15) is 4.79 Å². The lowest BCUT2D eigenvalue weighted by atomic mass is 10.0. The van der Waals surface area contributed by atoms with Crippen LogP contribution in [0.4, 0.5) is 5.69 Å². The SMILES string of the molecule is CN1CC2CCN(c3ccc(-c4ccc(-n5ncccc5=O)cn4)cc3)[C@H]2C1. The van der Waals surface area contributed by atoms with Gasteiger partial charge in [-0.2, -0.15) is 9.78 Å². The number of likely N-dealkylation sites (N-methyl/N-ethyl adjacent to an activating group) is 1. The summed E-state index contributed by atoms with van der Waals surface area (Å²) in [6.45, 7) is 3.52. The van der Waals surface area contributed by atoms with E-state index in [0.717, 1.165) is 30.3 Å². The highest BCUT2D eigenvalue weighted by Crippen LogP contribution is 2.35. The van der Waals surface area contributed by atoms with E-state index in [4.69, 9.17) is 0 Å². The molecule has 6 heteroatoms. The first kappa shape index (κ1) is 17.1. The second-order valence-electron chi connectivity index (χ2n) is 7.75. The number of benzene rings is 1. The molecular weight excluding hydrogens is 350 g/mol. The van der Waals surface area contributed by atoms with Crippen molar-refractivity contribution in [2.45, 2.75) is 12.5 Å². The molecule has 0 spiro atoms. The summed E-state index contributed by atoms with van der Waals surface area (Å²) in [6.07, 6.45) is 4.57. The van der Waals surface area contributed by atoms with Gasteiger partial charge in [-0.25, -0.2) is 0 Å². The Morgan fingerprint density at radius 1 is 1.00 bits per heavy atom. The molecular formula is C22H23N5O. The smallest absolute Gasteiger partial charge is 0.271 e. The minimum absolute atomic E-state index is 0.164. The summed E-state index contributed by atoms with van der Waals surface area (Å²) in [5, 5.41) is 4.09. The van der Waals surface area contributed by atoms with Crippen LogP contribution in [0, 0.1) is 5.92 Å². The van der Waals surface area contributed by atoms with E-state index in [1.165, 1.54) is 29.4 Å². The molecule has 1 unspecified atom stereocenters. The predicted molar refractivity (Wildman–Crippen MR) is 110 cm³/mol. The molecule has 0 amide bonds. The van der Waals surface area contributed by atoms with Crippen LogP contribution in [0.15, 0.2) is 65.7 Å². The highest BCUT2D eigenvalue weighted by atomic mass is 16.1. The maximum atomic E-state index is 11.9. The number of likely N-dealkylation sites (tertiary alicyclic amines) is 1. The lowest BCUT2D eigenvalue weighted by molar-refractivity contribution is 0.386. The van der Waals surface area contributed by atoms with Crippen molar-refractivity contribution in [3.05, 3.63) is 71.3 Å². The van der Waals surface area contributed by atoms with Gasteiger partial charge in [-0.1, -0.05) is 12.1 Å². The van der Waals surface area contributed by atoms with Gasteiger partial charge in [-0.3, -0.25) is 9.78 Å². The van der Waals surface area contributed by atoms with Crippen molar-refractivity contribution in [2.24, 2.45) is 5.92 Å². The third-order valence-corrected chi connectivity index (χ3v) is 5.93. The monoisotopic (exact) mass is 373 g/mol. The molecule has 1 aromatic carbocycles. The maximum Gasteiger partial charge on any atom is 0.271 e. The Morgan fingerprint density at radius 3 is 2.57 bits per heavy atom. The fourth-order valence-corrected chi connectivity index (χ4v) is 4.55. The molecule has 2 atom stereocenters. The van der Waals surface area contributed by atoms with Crippen LogP contribution in [0.5, 0.6) is 0 Å². The second-order valence-corrected chi connectivity index (χ2v) is 7.75. The second kappa shape index (κ2) is 6.87. The first-order valence-corrected chi connectivity index (χ1v) is 9.75. The quantitative estimate of drug-likeness (QED) is 0.706. The Hall–Kier alpha value is -2.99. The summed E-state index contributed by atoms with van der Waals surface area (Å²) in [4.78, 5) is 21.4. The first-order chi connectivity index (χ1) is 13.7. The summed E-state index contributed by atoms with van der Waals surface area (Å²) < 4.78 is 1.35. The highest BCUT2D eigenvalue weighted by molar-refractivity contribution is 5.64. The van der Waals surface area contributed by atoms with Gasteiger partial charge in [0.25, 0.3) is 5.56 Å². The third-order valence-electron chi connectivity index (χ3n) is 5.93. The van der Waals surface area contributed by atoms with Gasteiger partial charge in [0.2, 0.25) is 0 Å². The number of pyridine rings is 1. The van der Waals surface area contributed by atoms with Gasteiger partial charge in [0.05, 0.1) is 17.6 Å². The molecule has 0 radical (unpaired) electrons. The minimum Gasteiger partial charge on any atom is -0.367 e. The first-order valence-electron chi connectivity index (χ1n) is 9.75. The zero-order chi connectivity index (χ0) is 19.1. The molecule has 0 bridgehead atoms. The van der Waals surface area contributed by atoms with Crippen molar-refractivity contribution in [3.8, 4) is 16.9 Å². The zero-order valence-corrected chi connectivity index (χ0v) is 15.9. The van der Waals surface area contributed by atoms with Crippen LogP contribution in [-0.4, -0.2) is 52.4 Å². The number of hydrogen-bond acceptors (Lipinski definition) is 5. The van der Waals surface area contributed by atoms with Gasteiger partial charge < -0.3 is 9.80 Å². The van der Waals surface area contributed by atoms with Crippen LogP contribution in [0.3, 0.4) is 0 Å². The van der Waals surface area contributed by atoms with Crippen LogP contribution >= 0.6 is 0 Å². The average Bonchev–Trinajstić information content (AvgIpc) is 3.28. The average molecular weight is 373 g/mol. The molecule has 2 aliphatic rings. The normalized spacial score (nSPS) is 21.8. The van der Waals surface area contributed by atoms with Crippen molar-refractivity contribution < 1.29 is 0 Å². The highest BCUT2D eigenvalue weighted by Gasteiger charge is 2.39. The van der Waals surface area contributed by atoms with Crippen molar-refractivity contribution in [2.75, 3.05) is 31.6 Å². The molecule has 3 aromatic rings. The number of rotatable bonds is 3. The topological polar surface area (TPSA) is 54.3 Å². The molecule has 2 aliphatic heterocycles. The molecule has 2 aromatic heterocycles. The number of anilines is 1. The molecule has 28 heavy (non-hydrogen) atoms. The van der Waals surface area contributed by atoms with E-state index in [2.05, 4.69) is 51.2 Å². The Labute approximate surface area is 164 Å². The summed E-state index contributed by atoms with van der Waals surface area (Å²) in [6, 6.07) is 16.3. The van der Waals surface area contributed by atoms with E-state index in [-0.39, 0.29) is 5.56 Å². The van der Waals surface area contributed by atoms with E-state index >= 15 is 0 Å². The van der Waals surface area contributed by atoms with Crippen LogP contribution in [0.2, 0.25) is 0 Å². The summed E-state index contributed by atoms with van der Waals surface area (Å²) >= 11 is 0. The molecule has 0 aliphatic carbocycles. The van der Waals surface area contributed by atoms with Crippen molar-refractivity contribution >= 4 is 5.69 Å². The standard InChI is InChI=1S/C22H23N5O/c1-25-14-17-10-12-26(21(17)15-25)18-6-4-16(5-7-18)20-9-8-19(13-23-20)27-22(28)3-2-11-24-27/h2-9,11,13,17,21H,10,12,14-15H2,1H3/t17?,21-/m0/s1. The number of fused-ring (bicyclic) bond motifs is 1. The Bertz CT molecular complexity index is 1030. The number of hydrogen-bond donors (Lipinski definition) is 0. The van der Waals surface area contributed by atoms with Crippen LogP contribution in [0.25, 0.3) is 16.9 Å². The minimum atomic E-state index is -0.164. The lowest BCUT2D eigenvalue weighted by Gasteiger charge is -2.26. The Balaban J connectivity index is 1.36. The molecule has 4 heterocycles. The van der Waals surface area contributed by atoms with Crippen molar-refractivity contribution in [1.82, 2.24) is 19.7 Å². The van der Waals surface area contributed by atoms with Crippen LogP contribution in [-0.2, 0) is 0 Å². The molecule has 2 saturated heterocycles. The van der Waals surface area contributed by atoms with Gasteiger partial charge in [-0.15, -0.1) is 0 Å². The molecule has 0 N–H and O–H groups in total.